The Morgan fingerprint density at radius 1 is 0.778 bits per heavy atom. The molecule has 0 fully saturated rings. The molecule has 2 aliphatic carbocycles. The Morgan fingerprint density at radius 2 is 1.26 bits per heavy atom. The number of allylic oxidation sites excluding steroid dienone is 13. The van der Waals surface area contributed by atoms with Crippen molar-refractivity contribution < 1.29 is 38.6 Å². The Bertz CT molecular complexity index is 537. The maximum absolute atomic E-state index is 3.65. The molecular weight excluding hydrogens is 427 g/mol. The van der Waals surface area contributed by atoms with Gasteiger partial charge >= 0.3 is 0 Å². The first-order valence-corrected chi connectivity index (χ1v) is 9.26. The van der Waals surface area contributed by atoms with Crippen molar-refractivity contribution in [3.8, 4) is 0 Å². The third kappa shape index (κ3) is 15.8. The molecule has 0 bridgehead atoms. The van der Waals surface area contributed by atoms with Gasteiger partial charge in [-0.2, -0.15) is 0 Å². The molecule has 0 heterocycles. The third-order valence-electron chi connectivity index (χ3n) is 3.62. The van der Waals surface area contributed by atoms with Gasteiger partial charge in [0.05, 0.1) is 0 Å². The Labute approximate surface area is 193 Å². The van der Waals surface area contributed by atoms with Crippen LogP contribution in [0.4, 0.5) is 0 Å². The molecule has 0 atom stereocenters. The predicted molar refractivity (Wildman–Crippen MR) is 114 cm³/mol. The number of rotatable bonds is 6. The molecule has 0 aromatic carbocycles. The van der Waals surface area contributed by atoms with E-state index in [-0.39, 0.29) is 38.6 Å². The standard InChI is InChI=1S/C15H23.2C5H5.ClH.Zr/c1-6-11-13(8-3)15(10-5)14(9-4)12-7-2;2*1-2-4-5-3-1;;/h11H,1,7-10H2,2-5H3;2*1-5H;1H;/p-1/b14-12?,15-13-;;;;. The normalized spacial score (nSPS) is 13.9. The average molecular weight is 460 g/mol. The van der Waals surface area contributed by atoms with Gasteiger partial charge in [0.1, 0.15) is 0 Å². The van der Waals surface area contributed by atoms with E-state index in [9.17, 15) is 0 Å². The molecule has 0 unspecified atom stereocenters. The van der Waals surface area contributed by atoms with Crippen LogP contribution in [0.2, 0.25) is 0 Å². The predicted octanol–water partition coefficient (Wildman–Crippen LogP) is 4.63. The van der Waals surface area contributed by atoms with Gasteiger partial charge in [0, 0.05) is 39.0 Å². The number of hydrogen-bond acceptors (Lipinski definition) is 0. The van der Waals surface area contributed by atoms with Crippen LogP contribution in [0.25, 0.3) is 0 Å². The van der Waals surface area contributed by atoms with Crippen LogP contribution in [0.3, 0.4) is 0 Å². The van der Waals surface area contributed by atoms with Crippen molar-refractivity contribution in [3.63, 3.8) is 0 Å². The van der Waals surface area contributed by atoms with E-state index < -0.39 is 0 Å². The molecule has 2 aliphatic rings. The minimum atomic E-state index is 0. The topological polar surface area (TPSA) is 0 Å². The number of halogens is 1. The van der Waals surface area contributed by atoms with Crippen molar-refractivity contribution in [2.45, 2.75) is 53.4 Å². The van der Waals surface area contributed by atoms with Crippen molar-refractivity contribution >= 4 is 0 Å². The molecule has 0 spiro atoms. The van der Waals surface area contributed by atoms with Gasteiger partial charge in [-0.3, -0.25) is 0 Å². The second-order valence-corrected chi connectivity index (χ2v) is 5.35. The molecule has 3 radical (unpaired) electrons. The molecule has 0 N–H and O–H groups in total. The summed E-state index contributed by atoms with van der Waals surface area (Å²) in [6.45, 7) is 12.4. The fraction of sp³-hybridized carbons (Fsp3) is 0.320. The summed E-state index contributed by atoms with van der Waals surface area (Å²) >= 11 is 0. The second-order valence-electron chi connectivity index (χ2n) is 5.35. The van der Waals surface area contributed by atoms with Crippen LogP contribution in [0.5, 0.6) is 0 Å². The summed E-state index contributed by atoms with van der Waals surface area (Å²) in [5.74, 6) is 0. The Balaban J connectivity index is -0.000000389. The van der Waals surface area contributed by atoms with Crippen LogP contribution in [0.15, 0.2) is 83.7 Å². The first kappa shape index (κ1) is 30.8. The zero-order valence-electron chi connectivity index (χ0n) is 17.3. The quantitative estimate of drug-likeness (QED) is 0.401. The maximum Gasteiger partial charge on any atom is 0.00506 e. The van der Waals surface area contributed by atoms with E-state index in [2.05, 4.69) is 46.1 Å². The Hall–Kier alpha value is -0.867. The minimum absolute atomic E-state index is 0. The fourth-order valence-corrected chi connectivity index (χ4v) is 2.46. The summed E-state index contributed by atoms with van der Waals surface area (Å²) < 4.78 is 0. The first-order chi connectivity index (χ1) is 12.2. The summed E-state index contributed by atoms with van der Waals surface area (Å²) in [5, 5.41) is 0. The van der Waals surface area contributed by atoms with Crippen LogP contribution in [0.1, 0.15) is 53.4 Å². The maximum atomic E-state index is 3.65. The van der Waals surface area contributed by atoms with Gasteiger partial charge in [0.25, 0.3) is 0 Å². The molecular formula is C25H33ClZr-. The Kier molecular flexibility index (Phi) is 26.5. The summed E-state index contributed by atoms with van der Waals surface area (Å²) in [4.78, 5) is 0. The molecule has 145 valence electrons. The molecule has 27 heavy (non-hydrogen) atoms. The van der Waals surface area contributed by atoms with E-state index in [1.807, 2.05) is 67.5 Å². The largest absolute Gasteiger partial charge is 1.00 e. The second kappa shape index (κ2) is 23.2. The van der Waals surface area contributed by atoms with Gasteiger partial charge in [-0.25, -0.2) is 0 Å². The Morgan fingerprint density at radius 3 is 1.48 bits per heavy atom. The van der Waals surface area contributed by atoms with Crippen LogP contribution in [-0.4, -0.2) is 0 Å². The van der Waals surface area contributed by atoms with Gasteiger partial charge in [-0.1, -0.05) is 82.9 Å². The monoisotopic (exact) mass is 458 g/mol. The molecule has 0 aromatic rings. The van der Waals surface area contributed by atoms with Crippen LogP contribution < -0.4 is 12.4 Å². The summed E-state index contributed by atoms with van der Waals surface area (Å²) in [6.07, 6.45) is 29.6. The molecule has 0 amide bonds. The summed E-state index contributed by atoms with van der Waals surface area (Å²) in [5.41, 5.74) is 7.03. The molecule has 0 saturated carbocycles. The van der Waals surface area contributed by atoms with Gasteiger partial charge in [0.15, 0.2) is 0 Å². The molecule has 0 aliphatic heterocycles. The third-order valence-corrected chi connectivity index (χ3v) is 3.62. The fourth-order valence-electron chi connectivity index (χ4n) is 2.46. The minimum Gasteiger partial charge on any atom is -1.00 e. The summed E-state index contributed by atoms with van der Waals surface area (Å²) in [6, 6.07) is 0. The van der Waals surface area contributed by atoms with Crippen molar-refractivity contribution in [3.05, 3.63) is 103 Å². The average Bonchev–Trinajstić information content (AvgIpc) is 3.39. The van der Waals surface area contributed by atoms with Crippen molar-refractivity contribution in [2.24, 2.45) is 0 Å². The van der Waals surface area contributed by atoms with Gasteiger partial charge in [-0.15, -0.1) is 5.73 Å². The molecule has 0 nitrogen and oxygen atoms in total. The number of hydrogen-bond donors (Lipinski definition) is 0. The van der Waals surface area contributed by atoms with Crippen molar-refractivity contribution in [1.82, 2.24) is 0 Å². The van der Waals surface area contributed by atoms with E-state index in [1.165, 1.54) is 16.7 Å². The molecule has 2 rings (SSSR count). The van der Waals surface area contributed by atoms with Crippen molar-refractivity contribution in [1.29, 1.82) is 0 Å². The van der Waals surface area contributed by atoms with Crippen LogP contribution >= 0.6 is 0 Å². The van der Waals surface area contributed by atoms with Crippen molar-refractivity contribution in [2.75, 3.05) is 0 Å². The van der Waals surface area contributed by atoms with Gasteiger partial charge in [-0.05, 0) is 54.6 Å². The molecule has 0 aromatic heterocycles. The van der Waals surface area contributed by atoms with E-state index in [0.717, 1.165) is 25.7 Å². The first-order valence-electron chi connectivity index (χ1n) is 9.26. The van der Waals surface area contributed by atoms with Crippen LogP contribution in [0, 0.1) is 18.9 Å². The van der Waals surface area contributed by atoms with E-state index in [0.29, 0.717) is 0 Å². The van der Waals surface area contributed by atoms with Gasteiger partial charge < -0.3 is 12.4 Å². The molecule has 0 saturated heterocycles. The van der Waals surface area contributed by atoms with E-state index >= 15 is 0 Å². The smallest absolute Gasteiger partial charge is 0.00506 e. The zero-order chi connectivity index (χ0) is 18.8. The van der Waals surface area contributed by atoms with Gasteiger partial charge in [0.2, 0.25) is 0 Å². The zero-order valence-corrected chi connectivity index (χ0v) is 20.5. The van der Waals surface area contributed by atoms with E-state index in [1.54, 1.807) is 0 Å². The summed E-state index contributed by atoms with van der Waals surface area (Å²) in [7, 11) is 0. The molecule has 2 heteroatoms. The van der Waals surface area contributed by atoms with Crippen LogP contribution in [-0.2, 0) is 26.2 Å². The SMILES string of the molecule is C=C=C/C(CC)=C(/CC)C(=[C]CC)CC.[CH]1C=CC=C1.[CH]1C=CC=C1.[Cl-].[Zr]. The van der Waals surface area contributed by atoms with E-state index in [4.69, 9.17) is 0 Å².